The van der Waals surface area contributed by atoms with Crippen LogP contribution in [0.1, 0.15) is 32.3 Å². The quantitative estimate of drug-likeness (QED) is 0.457. The van der Waals surface area contributed by atoms with Gasteiger partial charge in [0.25, 0.3) is 0 Å². The summed E-state index contributed by atoms with van der Waals surface area (Å²) in [7, 11) is 0. The smallest absolute Gasteiger partial charge is 0.310 e. The van der Waals surface area contributed by atoms with Crippen molar-refractivity contribution in [2.75, 3.05) is 25.1 Å². The molecule has 1 aliphatic carbocycles. The number of benzene rings is 1. The molecular formula is C24H31ClN2O5. The fourth-order valence-electron chi connectivity index (χ4n) is 5.00. The van der Waals surface area contributed by atoms with E-state index in [4.69, 9.17) is 16.3 Å². The van der Waals surface area contributed by atoms with Crippen LogP contribution in [0.15, 0.2) is 30.4 Å². The number of likely N-dealkylation sites (tertiary alicyclic amines) is 1. The van der Waals surface area contributed by atoms with E-state index in [0.29, 0.717) is 10.7 Å². The highest BCUT2D eigenvalue weighted by Gasteiger charge is 2.57. The van der Waals surface area contributed by atoms with Crippen molar-refractivity contribution in [3.63, 3.8) is 0 Å². The maximum absolute atomic E-state index is 13.5. The number of esters is 1. The zero-order valence-corrected chi connectivity index (χ0v) is 19.5. The van der Waals surface area contributed by atoms with Gasteiger partial charge in [0.1, 0.15) is 6.04 Å². The molecule has 0 aromatic heterocycles. The van der Waals surface area contributed by atoms with Crippen molar-refractivity contribution in [2.45, 2.75) is 39.7 Å². The van der Waals surface area contributed by atoms with E-state index >= 15 is 0 Å². The van der Waals surface area contributed by atoms with Crippen LogP contribution in [-0.2, 0) is 19.1 Å². The Hall–Kier alpha value is -2.38. The lowest BCUT2D eigenvalue weighted by Gasteiger charge is -2.33. The second kappa shape index (κ2) is 10.5. The standard InChI is InChI=1S/C24H31ClN2O5/c1-4-7-15-10-11-16-19(18(15)24(31)32-5-2)23(30)27(12-13-28)21(16)22(29)26-20-14(3)8-6-9-17(20)25/h6,8-11,15-16,18-19,21,28H,4-5,7,12-13H2,1-3H3,(H,26,29)/t15-,16+,18-,19+,21+/m1/s1. The number of para-hydroxylation sites is 1. The molecule has 1 aliphatic heterocycles. The van der Waals surface area contributed by atoms with Crippen LogP contribution in [0.5, 0.6) is 0 Å². The topological polar surface area (TPSA) is 95.9 Å². The number of allylic oxidation sites excluding steroid dienone is 1. The molecule has 2 aliphatic rings. The molecule has 1 aromatic carbocycles. The van der Waals surface area contributed by atoms with Gasteiger partial charge in [-0.3, -0.25) is 14.4 Å². The average Bonchev–Trinajstić information content (AvgIpc) is 3.03. The molecule has 1 saturated heterocycles. The second-order valence-electron chi connectivity index (χ2n) is 8.34. The Kier molecular flexibility index (Phi) is 7.96. The van der Waals surface area contributed by atoms with Gasteiger partial charge in [-0.1, -0.05) is 49.2 Å². The van der Waals surface area contributed by atoms with Crippen LogP contribution in [-0.4, -0.2) is 53.6 Å². The van der Waals surface area contributed by atoms with E-state index in [-0.39, 0.29) is 31.6 Å². The Labute approximate surface area is 193 Å². The van der Waals surface area contributed by atoms with E-state index in [1.165, 1.54) is 4.90 Å². The van der Waals surface area contributed by atoms with Gasteiger partial charge in [-0.15, -0.1) is 0 Å². The average molecular weight is 463 g/mol. The maximum atomic E-state index is 13.5. The molecule has 2 N–H and O–H groups in total. The van der Waals surface area contributed by atoms with Gasteiger partial charge in [-0.25, -0.2) is 0 Å². The molecule has 5 atom stereocenters. The number of β-amino-alcohol motifs (C(OH)–C–C–N with tert-alkyl or cyclic N) is 1. The minimum absolute atomic E-state index is 0.00720. The van der Waals surface area contributed by atoms with Gasteiger partial charge in [-0.2, -0.15) is 0 Å². The summed E-state index contributed by atoms with van der Waals surface area (Å²) in [5.41, 5.74) is 1.29. The summed E-state index contributed by atoms with van der Waals surface area (Å²) in [4.78, 5) is 41.2. The number of nitrogens with one attached hydrogen (secondary N) is 1. The van der Waals surface area contributed by atoms with Gasteiger partial charge >= 0.3 is 5.97 Å². The number of ether oxygens (including phenoxy) is 1. The molecule has 1 heterocycles. The van der Waals surface area contributed by atoms with Crippen molar-refractivity contribution in [1.82, 2.24) is 4.90 Å². The van der Waals surface area contributed by atoms with Crippen LogP contribution in [0.2, 0.25) is 5.02 Å². The summed E-state index contributed by atoms with van der Waals surface area (Å²) in [5.74, 6) is -3.10. The summed E-state index contributed by atoms with van der Waals surface area (Å²) in [6, 6.07) is 4.46. The number of fused-ring (bicyclic) bond motifs is 1. The predicted molar refractivity (Wildman–Crippen MR) is 122 cm³/mol. The largest absolute Gasteiger partial charge is 0.466 e. The summed E-state index contributed by atoms with van der Waals surface area (Å²) in [6.07, 6.45) is 5.43. The number of amides is 2. The van der Waals surface area contributed by atoms with E-state index in [0.717, 1.165) is 18.4 Å². The van der Waals surface area contributed by atoms with Crippen LogP contribution in [0.4, 0.5) is 5.69 Å². The van der Waals surface area contributed by atoms with Crippen LogP contribution < -0.4 is 5.32 Å². The molecule has 0 saturated carbocycles. The number of hydrogen-bond acceptors (Lipinski definition) is 5. The first-order valence-corrected chi connectivity index (χ1v) is 11.6. The summed E-state index contributed by atoms with van der Waals surface area (Å²) < 4.78 is 5.32. The first-order valence-electron chi connectivity index (χ1n) is 11.2. The summed E-state index contributed by atoms with van der Waals surface area (Å²) in [6.45, 7) is 5.54. The highest BCUT2D eigenvalue weighted by atomic mass is 35.5. The molecule has 0 bridgehead atoms. The fraction of sp³-hybridized carbons (Fsp3) is 0.542. The first-order chi connectivity index (χ1) is 15.3. The molecule has 174 valence electrons. The van der Waals surface area contributed by atoms with Crippen molar-refractivity contribution < 1.29 is 24.2 Å². The van der Waals surface area contributed by atoms with Crippen LogP contribution in [0.25, 0.3) is 0 Å². The van der Waals surface area contributed by atoms with Crippen molar-refractivity contribution in [2.24, 2.45) is 23.7 Å². The number of aliphatic hydroxyl groups excluding tert-OH is 1. The third-order valence-electron chi connectivity index (χ3n) is 6.37. The number of carbonyl (C=O) groups excluding carboxylic acids is 3. The van der Waals surface area contributed by atoms with Crippen LogP contribution >= 0.6 is 11.6 Å². The number of hydrogen-bond donors (Lipinski definition) is 2. The van der Waals surface area contributed by atoms with Crippen molar-refractivity contribution >= 4 is 35.1 Å². The van der Waals surface area contributed by atoms with Gasteiger partial charge in [0.2, 0.25) is 11.8 Å². The molecule has 7 nitrogen and oxygen atoms in total. The van der Waals surface area contributed by atoms with Crippen molar-refractivity contribution in [3.8, 4) is 0 Å². The van der Waals surface area contributed by atoms with Crippen molar-refractivity contribution in [1.29, 1.82) is 0 Å². The number of anilines is 1. The normalized spacial score (nSPS) is 26.7. The fourth-order valence-corrected chi connectivity index (χ4v) is 5.27. The Morgan fingerprint density at radius 1 is 1.25 bits per heavy atom. The minimum atomic E-state index is -0.855. The Morgan fingerprint density at radius 2 is 2.00 bits per heavy atom. The molecule has 8 heteroatoms. The molecule has 0 unspecified atom stereocenters. The number of carbonyl (C=O) groups is 3. The zero-order valence-electron chi connectivity index (χ0n) is 18.7. The van der Waals surface area contributed by atoms with Crippen LogP contribution in [0, 0.1) is 30.6 Å². The minimum Gasteiger partial charge on any atom is -0.466 e. The Bertz CT molecular complexity index is 882. The molecular weight excluding hydrogens is 432 g/mol. The zero-order chi connectivity index (χ0) is 23.4. The highest BCUT2D eigenvalue weighted by Crippen LogP contribution is 2.45. The molecule has 0 spiro atoms. The lowest BCUT2D eigenvalue weighted by atomic mass is 9.69. The molecule has 0 radical (unpaired) electrons. The number of halogens is 1. The van der Waals surface area contributed by atoms with E-state index < -0.39 is 35.7 Å². The third-order valence-corrected chi connectivity index (χ3v) is 6.69. The van der Waals surface area contributed by atoms with E-state index in [9.17, 15) is 19.5 Å². The van der Waals surface area contributed by atoms with E-state index in [1.807, 2.05) is 32.1 Å². The van der Waals surface area contributed by atoms with Crippen LogP contribution in [0.3, 0.4) is 0 Å². The summed E-state index contributed by atoms with van der Waals surface area (Å²) >= 11 is 6.29. The maximum Gasteiger partial charge on any atom is 0.310 e. The number of rotatable bonds is 8. The third kappa shape index (κ3) is 4.55. The monoisotopic (exact) mass is 462 g/mol. The lowest BCUT2D eigenvalue weighted by Crippen LogP contribution is -2.45. The van der Waals surface area contributed by atoms with Gasteiger partial charge in [0.15, 0.2) is 0 Å². The van der Waals surface area contributed by atoms with Crippen molar-refractivity contribution in [3.05, 3.63) is 40.9 Å². The summed E-state index contributed by atoms with van der Waals surface area (Å²) in [5, 5.41) is 12.9. The van der Waals surface area contributed by atoms with Gasteiger partial charge < -0.3 is 20.1 Å². The Morgan fingerprint density at radius 3 is 2.62 bits per heavy atom. The number of aryl methyl sites for hydroxylation is 1. The highest BCUT2D eigenvalue weighted by molar-refractivity contribution is 6.34. The van der Waals surface area contributed by atoms with Gasteiger partial charge in [0, 0.05) is 12.5 Å². The Balaban J connectivity index is 1.99. The predicted octanol–water partition coefficient (Wildman–Crippen LogP) is 3.19. The SMILES string of the molecule is CCC[C@@H]1C=C[C@H]2[C@H](C(=O)N(CCO)[C@@H]2C(=O)Nc2c(C)cccc2Cl)[C@@H]1C(=O)OCC. The molecule has 32 heavy (non-hydrogen) atoms. The number of nitrogens with zero attached hydrogens (tertiary/aromatic N) is 1. The molecule has 3 rings (SSSR count). The lowest BCUT2D eigenvalue weighted by molar-refractivity contribution is -0.155. The molecule has 2 amide bonds. The number of aliphatic hydroxyl groups is 1. The van der Waals surface area contributed by atoms with E-state index in [1.54, 1.807) is 19.1 Å². The molecule has 1 aromatic rings. The second-order valence-corrected chi connectivity index (χ2v) is 8.75. The van der Waals surface area contributed by atoms with Gasteiger partial charge in [-0.05, 0) is 37.8 Å². The first kappa shape index (κ1) is 24.3. The van der Waals surface area contributed by atoms with E-state index in [2.05, 4.69) is 5.32 Å². The van der Waals surface area contributed by atoms with Gasteiger partial charge in [0.05, 0.1) is 35.8 Å². The molecule has 1 fully saturated rings.